The van der Waals surface area contributed by atoms with Gasteiger partial charge in [0.2, 0.25) is 0 Å². The van der Waals surface area contributed by atoms with Crippen molar-refractivity contribution in [2.75, 3.05) is 0 Å². The number of benzene rings is 2. The first-order chi connectivity index (χ1) is 12.1. The van der Waals surface area contributed by atoms with Gasteiger partial charge >= 0.3 is 0 Å². The molecule has 0 aliphatic rings. The molecule has 3 rings (SSSR count). The molecule has 2 aromatic carbocycles. The van der Waals surface area contributed by atoms with Crippen LogP contribution in [0.5, 0.6) is 0 Å². The Balaban J connectivity index is 2.19. The zero-order valence-electron chi connectivity index (χ0n) is 14.4. The summed E-state index contributed by atoms with van der Waals surface area (Å²) in [5.74, 6) is 0.839. The van der Waals surface area contributed by atoms with Crippen LogP contribution in [0.3, 0.4) is 0 Å². The highest BCUT2D eigenvalue weighted by molar-refractivity contribution is 6.17. The van der Waals surface area contributed by atoms with E-state index < -0.39 is 0 Å². The topological polar surface area (TPSA) is 45.8 Å². The normalized spacial score (nSPS) is 11.0. The summed E-state index contributed by atoms with van der Waals surface area (Å²) >= 11 is 5.89. The van der Waals surface area contributed by atoms with E-state index in [1.165, 1.54) is 0 Å². The second kappa shape index (κ2) is 7.66. The Morgan fingerprint density at radius 2 is 1.68 bits per heavy atom. The predicted molar refractivity (Wildman–Crippen MR) is 104 cm³/mol. The molecule has 0 spiro atoms. The number of aromatic amines is 1. The Labute approximate surface area is 152 Å². The van der Waals surface area contributed by atoms with Crippen molar-refractivity contribution in [3.05, 3.63) is 76.2 Å². The summed E-state index contributed by atoms with van der Waals surface area (Å²) in [6.45, 7) is 4.17. The summed E-state index contributed by atoms with van der Waals surface area (Å²) in [4.78, 5) is 20.3. The van der Waals surface area contributed by atoms with Gasteiger partial charge in [-0.15, -0.1) is 11.6 Å². The van der Waals surface area contributed by atoms with E-state index in [4.69, 9.17) is 16.6 Å². The number of nitrogens with one attached hydrogen (secondary N) is 1. The van der Waals surface area contributed by atoms with Gasteiger partial charge in [0, 0.05) is 17.0 Å². The largest absolute Gasteiger partial charge is 0.319 e. The fraction of sp³-hybridized carbons (Fsp3) is 0.238. The number of hydrogen-bond acceptors (Lipinski definition) is 2. The lowest BCUT2D eigenvalue weighted by atomic mass is 10.0. The lowest BCUT2D eigenvalue weighted by Gasteiger charge is -2.12. The van der Waals surface area contributed by atoms with Gasteiger partial charge in [0.05, 0.1) is 11.4 Å². The van der Waals surface area contributed by atoms with Crippen LogP contribution in [0, 0.1) is 5.92 Å². The van der Waals surface area contributed by atoms with Gasteiger partial charge in [0.25, 0.3) is 5.56 Å². The predicted octanol–water partition coefficient (Wildman–Crippen LogP) is 5.04. The first kappa shape index (κ1) is 17.4. The Bertz CT molecular complexity index is 899. The number of H-pyrrole nitrogens is 1. The fourth-order valence-electron chi connectivity index (χ4n) is 2.79. The smallest absolute Gasteiger partial charge is 0.270 e. The van der Waals surface area contributed by atoms with E-state index >= 15 is 0 Å². The highest BCUT2D eigenvalue weighted by Crippen LogP contribution is 2.28. The summed E-state index contributed by atoms with van der Waals surface area (Å²) < 4.78 is 0. The SMILES string of the molecule is CC(C)Cc1nc(-c2ccc(CCl)cc2)c(-c2ccccc2)[nH]c1=O. The summed E-state index contributed by atoms with van der Waals surface area (Å²) in [7, 11) is 0. The summed E-state index contributed by atoms with van der Waals surface area (Å²) in [6.07, 6.45) is 0.650. The Morgan fingerprint density at radius 3 is 2.28 bits per heavy atom. The molecule has 1 N–H and O–H groups in total. The molecule has 0 aliphatic heterocycles. The van der Waals surface area contributed by atoms with Crippen molar-refractivity contribution in [2.24, 2.45) is 5.92 Å². The molecule has 0 unspecified atom stereocenters. The number of aromatic nitrogens is 2. The van der Waals surface area contributed by atoms with E-state index in [9.17, 15) is 4.79 Å². The molecule has 0 amide bonds. The molecular weight excluding hydrogens is 332 g/mol. The van der Waals surface area contributed by atoms with Gasteiger partial charge < -0.3 is 4.98 Å². The molecule has 128 valence electrons. The molecule has 0 radical (unpaired) electrons. The average molecular weight is 353 g/mol. The molecule has 3 nitrogen and oxygen atoms in total. The van der Waals surface area contributed by atoms with Crippen molar-refractivity contribution in [3.8, 4) is 22.5 Å². The van der Waals surface area contributed by atoms with Gasteiger partial charge in [-0.1, -0.05) is 68.4 Å². The molecule has 0 fully saturated rings. The van der Waals surface area contributed by atoms with Crippen LogP contribution in [0.25, 0.3) is 22.5 Å². The fourth-order valence-corrected chi connectivity index (χ4v) is 2.96. The van der Waals surface area contributed by atoms with Crippen LogP contribution in [-0.2, 0) is 12.3 Å². The van der Waals surface area contributed by atoms with Crippen molar-refractivity contribution in [1.29, 1.82) is 0 Å². The lowest BCUT2D eigenvalue weighted by Crippen LogP contribution is -2.19. The lowest BCUT2D eigenvalue weighted by molar-refractivity contribution is 0.629. The van der Waals surface area contributed by atoms with Crippen LogP contribution < -0.4 is 5.56 Å². The minimum Gasteiger partial charge on any atom is -0.319 e. The number of hydrogen-bond donors (Lipinski definition) is 1. The quantitative estimate of drug-likeness (QED) is 0.654. The Kier molecular flexibility index (Phi) is 5.34. The van der Waals surface area contributed by atoms with E-state index in [-0.39, 0.29) is 5.56 Å². The third-order valence-corrected chi connectivity index (χ3v) is 4.34. The monoisotopic (exact) mass is 352 g/mol. The number of rotatable bonds is 5. The van der Waals surface area contributed by atoms with E-state index in [1.807, 2.05) is 54.6 Å². The van der Waals surface area contributed by atoms with Crippen LogP contribution in [0.15, 0.2) is 59.4 Å². The first-order valence-corrected chi connectivity index (χ1v) is 8.96. The Hall–Kier alpha value is -2.39. The van der Waals surface area contributed by atoms with Gasteiger partial charge in [0.1, 0.15) is 5.69 Å². The molecule has 1 aromatic heterocycles. The minimum absolute atomic E-state index is 0.117. The molecule has 25 heavy (non-hydrogen) atoms. The van der Waals surface area contributed by atoms with Crippen molar-refractivity contribution >= 4 is 11.6 Å². The van der Waals surface area contributed by atoms with Crippen LogP contribution in [-0.4, -0.2) is 9.97 Å². The van der Waals surface area contributed by atoms with Crippen LogP contribution >= 0.6 is 11.6 Å². The molecule has 1 heterocycles. The van der Waals surface area contributed by atoms with Crippen LogP contribution in [0.4, 0.5) is 0 Å². The maximum absolute atomic E-state index is 12.5. The van der Waals surface area contributed by atoms with Gasteiger partial charge in [-0.05, 0) is 17.9 Å². The standard InChI is InChI=1S/C21H21ClN2O/c1-14(2)12-18-21(25)24-20(16-6-4-3-5-7-16)19(23-18)17-10-8-15(13-22)9-11-17/h3-11,14H,12-13H2,1-2H3,(H,24,25). The van der Waals surface area contributed by atoms with Gasteiger partial charge in [-0.25, -0.2) is 4.98 Å². The second-order valence-electron chi connectivity index (χ2n) is 6.53. The molecule has 0 atom stereocenters. The molecule has 0 saturated carbocycles. The molecule has 3 aromatic rings. The van der Waals surface area contributed by atoms with Gasteiger partial charge in [-0.3, -0.25) is 4.79 Å². The summed E-state index contributed by atoms with van der Waals surface area (Å²) in [5, 5.41) is 0. The minimum atomic E-state index is -0.117. The zero-order valence-corrected chi connectivity index (χ0v) is 15.2. The van der Waals surface area contributed by atoms with Crippen LogP contribution in [0.2, 0.25) is 0 Å². The molecule has 0 saturated heterocycles. The van der Waals surface area contributed by atoms with Gasteiger partial charge in [-0.2, -0.15) is 0 Å². The van der Waals surface area contributed by atoms with Crippen molar-refractivity contribution < 1.29 is 0 Å². The van der Waals surface area contributed by atoms with E-state index in [0.29, 0.717) is 23.9 Å². The van der Waals surface area contributed by atoms with Crippen molar-refractivity contribution in [1.82, 2.24) is 9.97 Å². The highest BCUT2D eigenvalue weighted by atomic mass is 35.5. The molecule has 0 aliphatic carbocycles. The van der Waals surface area contributed by atoms with E-state index in [1.54, 1.807) is 0 Å². The molecule has 0 bridgehead atoms. The third kappa shape index (κ3) is 3.99. The first-order valence-electron chi connectivity index (χ1n) is 8.42. The second-order valence-corrected chi connectivity index (χ2v) is 6.80. The number of nitrogens with zero attached hydrogens (tertiary/aromatic N) is 1. The highest BCUT2D eigenvalue weighted by Gasteiger charge is 2.15. The summed E-state index contributed by atoms with van der Waals surface area (Å²) in [6, 6.07) is 17.8. The van der Waals surface area contributed by atoms with Crippen molar-refractivity contribution in [2.45, 2.75) is 26.1 Å². The number of halogens is 1. The Morgan fingerprint density at radius 1 is 1.00 bits per heavy atom. The van der Waals surface area contributed by atoms with Gasteiger partial charge in [0.15, 0.2) is 0 Å². The van der Waals surface area contributed by atoms with Crippen LogP contribution in [0.1, 0.15) is 25.1 Å². The molecular formula is C21H21ClN2O. The maximum atomic E-state index is 12.5. The van der Waals surface area contributed by atoms with Crippen molar-refractivity contribution in [3.63, 3.8) is 0 Å². The number of alkyl halides is 1. The maximum Gasteiger partial charge on any atom is 0.270 e. The zero-order chi connectivity index (χ0) is 17.8. The average Bonchev–Trinajstić information content (AvgIpc) is 2.63. The van der Waals surface area contributed by atoms with E-state index in [2.05, 4.69) is 18.8 Å². The molecule has 4 heteroatoms. The van der Waals surface area contributed by atoms with E-state index in [0.717, 1.165) is 28.1 Å². The summed E-state index contributed by atoms with van der Waals surface area (Å²) in [5.41, 5.74) is 4.96. The third-order valence-electron chi connectivity index (χ3n) is 4.03.